The molecule has 1 aromatic rings. The van der Waals surface area contributed by atoms with Crippen LogP contribution in [-0.4, -0.2) is 15.7 Å². The maximum atomic E-state index is 12.0. The minimum atomic E-state index is 0.155. The molecule has 0 unspecified atom stereocenters. The molecule has 0 spiro atoms. The number of nitrogens with zero attached hydrogens (tertiary/aromatic N) is 2. The van der Waals surface area contributed by atoms with Crippen molar-refractivity contribution in [3.63, 3.8) is 0 Å². The van der Waals surface area contributed by atoms with E-state index in [1.807, 2.05) is 20.0 Å². The Labute approximate surface area is 96.0 Å². The van der Waals surface area contributed by atoms with Crippen LogP contribution in [0.4, 0.5) is 5.82 Å². The Morgan fingerprint density at radius 2 is 2.12 bits per heavy atom. The van der Waals surface area contributed by atoms with Gasteiger partial charge in [-0.2, -0.15) is 5.10 Å². The molecule has 0 atom stereocenters. The van der Waals surface area contributed by atoms with E-state index in [1.54, 1.807) is 4.68 Å². The number of amides is 1. The molecular formula is C12H19N3O. The van der Waals surface area contributed by atoms with E-state index in [4.69, 9.17) is 0 Å². The smallest absolute Gasteiger partial charge is 0.228 e. The highest BCUT2D eigenvalue weighted by molar-refractivity contribution is 5.91. The molecule has 88 valence electrons. The Morgan fingerprint density at radius 1 is 1.44 bits per heavy atom. The van der Waals surface area contributed by atoms with Crippen LogP contribution in [-0.2, 0) is 11.8 Å². The maximum absolute atomic E-state index is 12.0. The van der Waals surface area contributed by atoms with Crippen molar-refractivity contribution in [3.8, 4) is 0 Å². The Bertz CT molecular complexity index is 378. The van der Waals surface area contributed by atoms with Gasteiger partial charge >= 0.3 is 0 Å². The zero-order valence-corrected chi connectivity index (χ0v) is 9.99. The topological polar surface area (TPSA) is 46.9 Å². The lowest BCUT2D eigenvalue weighted by Gasteiger charge is -2.20. The van der Waals surface area contributed by atoms with Crippen LogP contribution in [0, 0.1) is 12.8 Å². The van der Waals surface area contributed by atoms with Crippen molar-refractivity contribution in [1.29, 1.82) is 0 Å². The quantitative estimate of drug-likeness (QED) is 0.832. The molecule has 1 aliphatic carbocycles. The van der Waals surface area contributed by atoms with Crippen LogP contribution in [0.15, 0.2) is 6.07 Å². The molecule has 1 aliphatic rings. The Hall–Kier alpha value is -1.32. The molecule has 0 saturated heterocycles. The first-order valence-corrected chi connectivity index (χ1v) is 5.98. The van der Waals surface area contributed by atoms with E-state index in [1.165, 1.54) is 19.3 Å². The van der Waals surface area contributed by atoms with Crippen LogP contribution in [0.3, 0.4) is 0 Å². The van der Waals surface area contributed by atoms with E-state index in [0.717, 1.165) is 24.4 Å². The van der Waals surface area contributed by atoms with Gasteiger partial charge in [-0.05, 0) is 19.8 Å². The molecular weight excluding hydrogens is 202 g/mol. The summed E-state index contributed by atoms with van der Waals surface area (Å²) in [6.07, 6.45) is 5.70. The van der Waals surface area contributed by atoms with Gasteiger partial charge < -0.3 is 5.32 Å². The monoisotopic (exact) mass is 221 g/mol. The van der Waals surface area contributed by atoms with Crippen LogP contribution in [0.1, 0.15) is 37.8 Å². The summed E-state index contributed by atoms with van der Waals surface area (Å²) >= 11 is 0. The fourth-order valence-electron chi connectivity index (χ4n) is 2.32. The number of aryl methyl sites for hydroxylation is 2. The van der Waals surface area contributed by atoms with E-state index >= 15 is 0 Å². The van der Waals surface area contributed by atoms with E-state index in [2.05, 4.69) is 10.4 Å². The van der Waals surface area contributed by atoms with Crippen molar-refractivity contribution in [2.24, 2.45) is 13.0 Å². The number of hydrogen-bond donors (Lipinski definition) is 1. The van der Waals surface area contributed by atoms with Crippen molar-refractivity contribution in [3.05, 3.63) is 11.8 Å². The predicted molar refractivity (Wildman–Crippen MR) is 63.1 cm³/mol. The first-order chi connectivity index (χ1) is 7.66. The molecule has 1 aromatic heterocycles. The zero-order valence-electron chi connectivity index (χ0n) is 9.99. The number of aromatic nitrogens is 2. The molecule has 4 nitrogen and oxygen atoms in total. The molecule has 4 heteroatoms. The highest BCUT2D eigenvalue weighted by Gasteiger charge is 2.21. The van der Waals surface area contributed by atoms with Crippen molar-refractivity contribution in [1.82, 2.24) is 9.78 Å². The van der Waals surface area contributed by atoms with Crippen molar-refractivity contribution in [2.75, 3.05) is 5.32 Å². The molecule has 2 rings (SSSR count). The molecule has 1 N–H and O–H groups in total. The fraction of sp³-hybridized carbons (Fsp3) is 0.667. The van der Waals surface area contributed by atoms with Gasteiger partial charge in [0.2, 0.25) is 5.91 Å². The van der Waals surface area contributed by atoms with E-state index in [9.17, 15) is 4.79 Å². The number of anilines is 1. The van der Waals surface area contributed by atoms with Crippen LogP contribution in [0.25, 0.3) is 0 Å². The summed E-state index contributed by atoms with van der Waals surface area (Å²) in [4.78, 5) is 12.0. The van der Waals surface area contributed by atoms with E-state index in [0.29, 0.717) is 0 Å². The van der Waals surface area contributed by atoms with Crippen molar-refractivity contribution in [2.45, 2.75) is 39.0 Å². The Kier molecular flexibility index (Phi) is 3.27. The summed E-state index contributed by atoms with van der Waals surface area (Å²) in [5.41, 5.74) is 0.932. The van der Waals surface area contributed by atoms with Gasteiger partial charge in [0.25, 0.3) is 0 Å². The van der Waals surface area contributed by atoms with Gasteiger partial charge in [-0.25, -0.2) is 0 Å². The molecule has 1 fully saturated rings. The average Bonchev–Trinajstić information content (AvgIpc) is 2.59. The minimum absolute atomic E-state index is 0.155. The van der Waals surface area contributed by atoms with Gasteiger partial charge in [-0.15, -0.1) is 0 Å². The third-order valence-electron chi connectivity index (χ3n) is 3.23. The number of carbonyl (C=O) groups is 1. The summed E-state index contributed by atoms with van der Waals surface area (Å²) in [7, 11) is 1.85. The van der Waals surface area contributed by atoms with Gasteiger partial charge in [-0.3, -0.25) is 9.48 Å². The molecule has 1 amide bonds. The Balaban J connectivity index is 1.98. The SMILES string of the molecule is Cc1cc(NC(=O)C2CCCCC2)n(C)n1. The highest BCUT2D eigenvalue weighted by Crippen LogP contribution is 2.24. The van der Waals surface area contributed by atoms with E-state index in [-0.39, 0.29) is 11.8 Å². The average molecular weight is 221 g/mol. The Morgan fingerprint density at radius 3 is 2.69 bits per heavy atom. The normalized spacial score (nSPS) is 17.4. The first-order valence-electron chi connectivity index (χ1n) is 5.98. The number of rotatable bonds is 2. The van der Waals surface area contributed by atoms with Gasteiger partial charge in [0, 0.05) is 19.0 Å². The fourth-order valence-corrected chi connectivity index (χ4v) is 2.32. The van der Waals surface area contributed by atoms with Crippen molar-refractivity contribution >= 4 is 11.7 Å². The number of carbonyl (C=O) groups excluding carboxylic acids is 1. The maximum Gasteiger partial charge on any atom is 0.228 e. The third-order valence-corrected chi connectivity index (χ3v) is 3.23. The number of nitrogens with one attached hydrogen (secondary N) is 1. The van der Waals surface area contributed by atoms with Gasteiger partial charge in [0.1, 0.15) is 5.82 Å². The third kappa shape index (κ3) is 2.43. The molecule has 0 aliphatic heterocycles. The highest BCUT2D eigenvalue weighted by atomic mass is 16.2. The molecule has 0 radical (unpaired) electrons. The minimum Gasteiger partial charge on any atom is -0.311 e. The number of hydrogen-bond acceptors (Lipinski definition) is 2. The predicted octanol–water partition coefficient (Wildman–Crippen LogP) is 2.25. The molecule has 1 saturated carbocycles. The lowest BCUT2D eigenvalue weighted by Crippen LogP contribution is -2.25. The molecule has 16 heavy (non-hydrogen) atoms. The standard InChI is InChI=1S/C12H19N3O/c1-9-8-11(15(2)14-9)13-12(16)10-6-4-3-5-7-10/h8,10H,3-7H2,1-2H3,(H,13,16). The second-order valence-electron chi connectivity index (χ2n) is 4.62. The van der Waals surface area contributed by atoms with Crippen molar-refractivity contribution < 1.29 is 4.79 Å². The zero-order chi connectivity index (χ0) is 11.5. The lowest BCUT2D eigenvalue weighted by atomic mass is 9.89. The lowest BCUT2D eigenvalue weighted by molar-refractivity contribution is -0.120. The van der Waals surface area contributed by atoms with Gasteiger partial charge in [-0.1, -0.05) is 19.3 Å². The molecule has 0 aromatic carbocycles. The van der Waals surface area contributed by atoms with E-state index < -0.39 is 0 Å². The molecule has 1 heterocycles. The summed E-state index contributed by atoms with van der Waals surface area (Å²) < 4.78 is 1.72. The summed E-state index contributed by atoms with van der Waals surface area (Å²) in [6, 6.07) is 1.90. The summed E-state index contributed by atoms with van der Waals surface area (Å²) in [5, 5.41) is 7.17. The second kappa shape index (κ2) is 4.68. The van der Waals surface area contributed by atoms with Crippen LogP contribution in [0.5, 0.6) is 0 Å². The summed E-state index contributed by atoms with van der Waals surface area (Å²) in [5.74, 6) is 1.15. The van der Waals surface area contributed by atoms with Gasteiger partial charge in [0.15, 0.2) is 0 Å². The van der Waals surface area contributed by atoms with Crippen LogP contribution in [0.2, 0.25) is 0 Å². The second-order valence-corrected chi connectivity index (χ2v) is 4.62. The largest absolute Gasteiger partial charge is 0.311 e. The first kappa shape index (κ1) is 11.2. The van der Waals surface area contributed by atoms with Crippen LogP contribution < -0.4 is 5.32 Å². The molecule has 0 bridgehead atoms. The van der Waals surface area contributed by atoms with Crippen LogP contribution >= 0.6 is 0 Å². The summed E-state index contributed by atoms with van der Waals surface area (Å²) in [6.45, 7) is 1.93. The van der Waals surface area contributed by atoms with Gasteiger partial charge in [0.05, 0.1) is 5.69 Å².